The molecule has 214 valence electrons. The van der Waals surface area contributed by atoms with Crippen LogP contribution in [0.2, 0.25) is 0 Å². The van der Waals surface area contributed by atoms with Crippen molar-refractivity contribution < 1.29 is 18.7 Å². The second-order valence-electron chi connectivity index (χ2n) is 13.0. The minimum Gasteiger partial charge on any atom is -0.495 e. The summed E-state index contributed by atoms with van der Waals surface area (Å²) >= 11 is 0. The van der Waals surface area contributed by atoms with E-state index in [0.29, 0.717) is 37.4 Å². The smallest absolute Gasteiger partial charge is 0.234 e. The molecule has 40 heavy (non-hydrogen) atoms. The number of hydrogen-bond acceptors (Lipinski definition) is 8. The van der Waals surface area contributed by atoms with E-state index in [1.165, 1.54) is 12.8 Å². The number of likely N-dealkylation sites (tertiary alicyclic amines) is 1. The predicted molar refractivity (Wildman–Crippen MR) is 151 cm³/mol. The summed E-state index contributed by atoms with van der Waals surface area (Å²) < 4.78 is 26.5. The van der Waals surface area contributed by atoms with E-state index in [4.69, 9.17) is 14.5 Å². The van der Waals surface area contributed by atoms with Gasteiger partial charge in [0.15, 0.2) is 5.82 Å². The number of fused-ring (bicyclic) bond motifs is 1. The molecule has 5 aliphatic rings. The van der Waals surface area contributed by atoms with Gasteiger partial charge in [-0.2, -0.15) is 4.98 Å². The highest BCUT2D eigenvalue weighted by Crippen LogP contribution is 2.52. The summed E-state index contributed by atoms with van der Waals surface area (Å²) in [4.78, 5) is 29.0. The first-order valence-electron chi connectivity index (χ1n) is 14.6. The van der Waals surface area contributed by atoms with Crippen LogP contribution < -0.4 is 19.9 Å². The molecule has 2 aromatic rings. The molecule has 1 aromatic heterocycles. The van der Waals surface area contributed by atoms with Crippen LogP contribution in [0.25, 0.3) is 0 Å². The summed E-state index contributed by atoms with van der Waals surface area (Å²) in [5, 5.41) is 3.35. The van der Waals surface area contributed by atoms with Gasteiger partial charge in [-0.1, -0.05) is 18.9 Å². The molecule has 2 saturated carbocycles. The number of methoxy groups -OCH3 is 1. The number of anilines is 4. The number of carbonyl (C=O) groups excluding carboxylic acids is 1. The van der Waals surface area contributed by atoms with Gasteiger partial charge in [0.2, 0.25) is 11.9 Å². The number of rotatable bonds is 7. The molecule has 2 atom stereocenters. The first-order chi connectivity index (χ1) is 19.2. The Morgan fingerprint density at radius 2 is 1.88 bits per heavy atom. The number of nitrogens with one attached hydrogen (secondary N) is 1. The van der Waals surface area contributed by atoms with Gasteiger partial charge >= 0.3 is 0 Å². The number of nitrogens with zero attached hydrogens (tertiary/aromatic N) is 5. The minimum absolute atomic E-state index is 0.0652. The largest absolute Gasteiger partial charge is 0.495 e. The Bertz CT molecular complexity index is 1320. The maximum absolute atomic E-state index is 14.8. The summed E-state index contributed by atoms with van der Waals surface area (Å²) in [6.07, 6.45) is 8.23. The topological polar surface area (TPSA) is 86.4 Å². The van der Waals surface area contributed by atoms with Gasteiger partial charge in [-0.05, 0) is 63.1 Å². The van der Waals surface area contributed by atoms with Crippen molar-refractivity contribution in [3.63, 3.8) is 0 Å². The molecule has 1 aromatic carbocycles. The average molecular weight is 551 g/mol. The van der Waals surface area contributed by atoms with Crippen molar-refractivity contribution >= 4 is 29.0 Å². The monoisotopic (exact) mass is 550 g/mol. The average Bonchev–Trinajstić information content (AvgIpc) is 3.86. The molecule has 9 nitrogen and oxygen atoms in total. The molecular formula is C30H39FN6O3. The number of aromatic nitrogens is 2. The van der Waals surface area contributed by atoms with Crippen molar-refractivity contribution in [2.75, 3.05) is 48.9 Å². The Morgan fingerprint density at radius 1 is 1.12 bits per heavy atom. The van der Waals surface area contributed by atoms with Crippen molar-refractivity contribution in [3.8, 4) is 5.75 Å². The zero-order valence-corrected chi connectivity index (χ0v) is 23.8. The molecule has 0 radical (unpaired) electrons. The van der Waals surface area contributed by atoms with E-state index in [2.05, 4.69) is 20.1 Å². The van der Waals surface area contributed by atoms with Gasteiger partial charge in [-0.3, -0.25) is 9.69 Å². The van der Waals surface area contributed by atoms with Gasteiger partial charge < -0.3 is 24.6 Å². The molecule has 0 spiro atoms. The van der Waals surface area contributed by atoms with Gasteiger partial charge in [0, 0.05) is 32.7 Å². The van der Waals surface area contributed by atoms with E-state index in [1.54, 1.807) is 18.2 Å². The number of epoxide rings is 1. The Balaban J connectivity index is 1.11. The third kappa shape index (κ3) is 4.40. The number of ether oxygens (including phenoxy) is 2. The van der Waals surface area contributed by atoms with Gasteiger partial charge in [-0.25, -0.2) is 9.37 Å². The Labute approximate surface area is 235 Å². The molecular weight excluding hydrogens is 511 g/mol. The molecule has 10 heteroatoms. The van der Waals surface area contributed by atoms with Crippen LogP contribution in [-0.2, 0) is 9.53 Å². The van der Waals surface area contributed by atoms with Gasteiger partial charge in [0.05, 0.1) is 24.4 Å². The zero-order chi connectivity index (χ0) is 27.8. The SMILES string of the molecule is COc1cc(C2OC2N2CC(F)(C3CC3)C2)ccc1Nc1ncc2c(n1)N(C1CCCC1)CC(C)(C)C(=O)N2C. The third-order valence-corrected chi connectivity index (χ3v) is 9.47. The van der Waals surface area contributed by atoms with Crippen LogP contribution in [-0.4, -0.2) is 72.5 Å². The fraction of sp³-hybridized carbons (Fsp3) is 0.633. The third-order valence-electron chi connectivity index (χ3n) is 9.47. The molecule has 2 unspecified atom stereocenters. The molecule has 3 aliphatic heterocycles. The molecule has 1 amide bonds. The van der Waals surface area contributed by atoms with E-state index in [9.17, 15) is 9.18 Å². The fourth-order valence-electron chi connectivity index (χ4n) is 6.93. The zero-order valence-electron chi connectivity index (χ0n) is 23.8. The number of alkyl halides is 1. The maximum Gasteiger partial charge on any atom is 0.234 e. The van der Waals surface area contributed by atoms with Crippen molar-refractivity contribution in [2.24, 2.45) is 11.3 Å². The number of hydrogen-bond donors (Lipinski definition) is 1. The van der Waals surface area contributed by atoms with Crippen molar-refractivity contribution in [3.05, 3.63) is 30.0 Å². The number of benzene rings is 1. The Morgan fingerprint density at radius 3 is 2.58 bits per heavy atom. The first-order valence-corrected chi connectivity index (χ1v) is 14.6. The summed E-state index contributed by atoms with van der Waals surface area (Å²) in [7, 11) is 3.45. The lowest BCUT2D eigenvalue weighted by Gasteiger charge is -2.44. The lowest BCUT2D eigenvalue weighted by molar-refractivity contribution is -0.125. The van der Waals surface area contributed by atoms with E-state index in [0.717, 1.165) is 48.4 Å². The number of halogens is 1. The lowest BCUT2D eigenvalue weighted by Crippen LogP contribution is -2.61. The standard InChI is InChI=1S/C30H39FN6O3/c1-29(2)15-37(20-7-5-6-8-20)25-22(35(3)27(29)38)14-32-28(34-25)33-21-12-9-18(13-23(21)39-4)24-26(40-24)36-16-30(31,17-36)19-10-11-19/h9,12-14,19-20,24,26H,5-8,10-11,15-17H2,1-4H3,(H,32,33,34). The van der Waals surface area contributed by atoms with Crippen LogP contribution in [0.1, 0.15) is 64.0 Å². The van der Waals surface area contributed by atoms with Gasteiger partial charge in [-0.15, -0.1) is 0 Å². The molecule has 0 bridgehead atoms. The maximum atomic E-state index is 14.8. The van der Waals surface area contributed by atoms with Crippen LogP contribution in [0, 0.1) is 11.3 Å². The van der Waals surface area contributed by atoms with Crippen LogP contribution in [0.5, 0.6) is 5.75 Å². The van der Waals surface area contributed by atoms with E-state index in [1.807, 2.05) is 39.1 Å². The highest BCUT2D eigenvalue weighted by Gasteiger charge is 2.60. The lowest BCUT2D eigenvalue weighted by atomic mass is 9.90. The second kappa shape index (κ2) is 9.27. The predicted octanol–water partition coefficient (Wildman–Crippen LogP) is 4.81. The number of amides is 1. The molecule has 1 N–H and O–H groups in total. The second-order valence-corrected chi connectivity index (χ2v) is 13.0. The van der Waals surface area contributed by atoms with E-state index < -0.39 is 11.1 Å². The summed E-state index contributed by atoms with van der Waals surface area (Å²) in [5.41, 5.74) is 0.938. The normalized spacial score (nSPS) is 27.7. The molecule has 4 heterocycles. The van der Waals surface area contributed by atoms with Crippen molar-refractivity contribution in [1.82, 2.24) is 14.9 Å². The van der Waals surface area contributed by atoms with Gasteiger partial charge in [0.25, 0.3) is 0 Å². The molecule has 2 aliphatic carbocycles. The molecule has 2 saturated heterocycles. The van der Waals surface area contributed by atoms with Crippen molar-refractivity contribution in [2.45, 2.75) is 76.4 Å². The summed E-state index contributed by atoms with van der Waals surface area (Å²) in [6.45, 7) is 5.58. The summed E-state index contributed by atoms with van der Waals surface area (Å²) in [5.74, 6) is 2.22. The van der Waals surface area contributed by atoms with Crippen LogP contribution in [0.15, 0.2) is 24.4 Å². The van der Waals surface area contributed by atoms with E-state index in [-0.39, 0.29) is 24.2 Å². The number of carbonyl (C=O) groups is 1. The van der Waals surface area contributed by atoms with Crippen LogP contribution in [0.3, 0.4) is 0 Å². The fourth-order valence-corrected chi connectivity index (χ4v) is 6.93. The highest BCUT2D eigenvalue weighted by molar-refractivity contribution is 6.00. The molecule has 4 fully saturated rings. The highest BCUT2D eigenvalue weighted by atomic mass is 19.1. The van der Waals surface area contributed by atoms with Gasteiger partial charge in [0.1, 0.15) is 29.4 Å². The molecule has 7 rings (SSSR count). The van der Waals surface area contributed by atoms with E-state index >= 15 is 0 Å². The minimum atomic E-state index is -1.01. The van der Waals surface area contributed by atoms with Crippen LogP contribution >= 0.6 is 0 Å². The van der Waals surface area contributed by atoms with Crippen LogP contribution in [0.4, 0.5) is 27.5 Å². The summed E-state index contributed by atoms with van der Waals surface area (Å²) in [6, 6.07) is 6.30. The van der Waals surface area contributed by atoms with Crippen molar-refractivity contribution in [1.29, 1.82) is 0 Å². The Kier molecular flexibility index (Phi) is 6.02. The first kappa shape index (κ1) is 26.0. The Hall–Kier alpha value is -2.98. The quantitative estimate of drug-likeness (QED) is 0.492.